The molecule has 0 amide bonds. The molecule has 0 atom stereocenters. The lowest BCUT2D eigenvalue weighted by molar-refractivity contribution is -0.204. The van der Waals surface area contributed by atoms with Crippen LogP contribution in [0.2, 0.25) is 0 Å². The van der Waals surface area contributed by atoms with E-state index < -0.39 is 11.4 Å². The topological polar surface area (TPSA) is 65.7 Å². The lowest BCUT2D eigenvalue weighted by Gasteiger charge is -2.39. The third-order valence-electron chi connectivity index (χ3n) is 6.30. The molecule has 0 bridgehead atoms. The van der Waals surface area contributed by atoms with Gasteiger partial charge in [0, 0.05) is 18.4 Å². The number of ether oxygens (including phenoxy) is 3. The Morgan fingerprint density at radius 2 is 1.61 bits per heavy atom. The van der Waals surface area contributed by atoms with Gasteiger partial charge in [0.2, 0.25) is 0 Å². The van der Waals surface area contributed by atoms with Crippen molar-refractivity contribution in [2.24, 2.45) is 0 Å². The zero-order chi connectivity index (χ0) is 21.5. The maximum absolute atomic E-state index is 13.5. The Labute approximate surface area is 180 Å². The van der Waals surface area contributed by atoms with E-state index in [1.807, 2.05) is 30.3 Å². The van der Waals surface area contributed by atoms with Crippen LogP contribution in [0.3, 0.4) is 0 Å². The Balaban J connectivity index is 1.53. The Morgan fingerprint density at radius 1 is 0.968 bits per heavy atom. The Bertz CT molecular complexity index is 1050. The summed E-state index contributed by atoms with van der Waals surface area (Å²) in [5.41, 5.74) is 1.97. The van der Waals surface area contributed by atoms with Gasteiger partial charge in [-0.1, -0.05) is 0 Å². The summed E-state index contributed by atoms with van der Waals surface area (Å²) in [6.07, 6.45) is 2.22. The molecule has 2 heterocycles. The van der Waals surface area contributed by atoms with Gasteiger partial charge in [-0.15, -0.1) is 0 Å². The quantitative estimate of drug-likeness (QED) is 0.680. The molecule has 162 valence electrons. The van der Waals surface area contributed by atoms with E-state index in [1.54, 1.807) is 23.9 Å². The summed E-state index contributed by atoms with van der Waals surface area (Å²) in [5, 5.41) is 16.2. The minimum atomic E-state index is -1.08. The first-order valence-electron chi connectivity index (χ1n) is 10.5. The predicted molar refractivity (Wildman–Crippen MR) is 113 cm³/mol. The van der Waals surface area contributed by atoms with Crippen LogP contribution >= 0.6 is 0 Å². The normalized spacial score (nSPS) is 19.6. The van der Waals surface area contributed by atoms with Crippen molar-refractivity contribution < 1.29 is 23.7 Å². The van der Waals surface area contributed by atoms with Crippen LogP contribution in [0.15, 0.2) is 54.6 Å². The maximum atomic E-state index is 13.5. The molecule has 2 fully saturated rings. The molecule has 6 nitrogen and oxygen atoms in total. The predicted octanol–water partition coefficient (Wildman–Crippen LogP) is 4.19. The van der Waals surface area contributed by atoms with E-state index in [-0.39, 0.29) is 5.82 Å². The Morgan fingerprint density at radius 3 is 2.23 bits per heavy atom. The van der Waals surface area contributed by atoms with E-state index in [9.17, 15) is 9.50 Å². The summed E-state index contributed by atoms with van der Waals surface area (Å²) in [4.78, 5) is 0. The SMILES string of the molecule is COc1ccc(-c2cc(C3(O)CCC4(CC3)OCCO4)nn2-c2ccc(F)cc2)cc1. The van der Waals surface area contributed by atoms with Crippen molar-refractivity contribution in [3.05, 3.63) is 66.1 Å². The number of methoxy groups -OCH3 is 1. The number of benzene rings is 2. The minimum absolute atomic E-state index is 0.310. The Hall–Kier alpha value is -2.74. The molecule has 3 aromatic rings. The van der Waals surface area contributed by atoms with Crippen molar-refractivity contribution >= 4 is 0 Å². The van der Waals surface area contributed by atoms with Crippen molar-refractivity contribution in [2.45, 2.75) is 37.1 Å². The highest BCUT2D eigenvalue weighted by molar-refractivity contribution is 5.64. The summed E-state index contributed by atoms with van der Waals surface area (Å²) in [6.45, 7) is 1.19. The fourth-order valence-corrected chi connectivity index (χ4v) is 4.44. The van der Waals surface area contributed by atoms with E-state index in [1.165, 1.54) is 12.1 Å². The molecule has 5 rings (SSSR count). The van der Waals surface area contributed by atoms with Gasteiger partial charge in [-0.2, -0.15) is 5.10 Å². The summed E-state index contributed by atoms with van der Waals surface area (Å²) < 4.78 is 32.1. The molecule has 1 N–H and O–H groups in total. The monoisotopic (exact) mass is 424 g/mol. The minimum Gasteiger partial charge on any atom is -0.497 e. The second-order valence-electron chi connectivity index (χ2n) is 8.17. The van der Waals surface area contributed by atoms with Gasteiger partial charge in [-0.3, -0.25) is 0 Å². The summed E-state index contributed by atoms with van der Waals surface area (Å²) in [6, 6.07) is 15.7. The van der Waals surface area contributed by atoms with Crippen LogP contribution in [0.5, 0.6) is 5.75 Å². The molecular weight excluding hydrogens is 399 g/mol. The second-order valence-corrected chi connectivity index (χ2v) is 8.17. The average molecular weight is 424 g/mol. The maximum Gasteiger partial charge on any atom is 0.168 e. The van der Waals surface area contributed by atoms with E-state index in [0.717, 1.165) is 22.7 Å². The van der Waals surface area contributed by atoms with Crippen LogP contribution in [-0.4, -0.2) is 41.0 Å². The van der Waals surface area contributed by atoms with Crippen molar-refractivity contribution in [3.63, 3.8) is 0 Å². The molecule has 1 aromatic heterocycles. The summed E-state index contributed by atoms with van der Waals surface area (Å²) >= 11 is 0. The first-order valence-corrected chi connectivity index (χ1v) is 10.5. The molecule has 7 heteroatoms. The fourth-order valence-electron chi connectivity index (χ4n) is 4.44. The van der Waals surface area contributed by atoms with Gasteiger partial charge in [0.05, 0.1) is 37.4 Å². The first kappa shape index (κ1) is 20.2. The first-order chi connectivity index (χ1) is 15.0. The van der Waals surface area contributed by atoms with Gasteiger partial charge in [0.15, 0.2) is 5.79 Å². The number of halogens is 1. The van der Waals surface area contributed by atoms with Crippen molar-refractivity contribution in [1.82, 2.24) is 9.78 Å². The van der Waals surface area contributed by atoms with Gasteiger partial charge < -0.3 is 19.3 Å². The van der Waals surface area contributed by atoms with Crippen LogP contribution in [-0.2, 0) is 15.1 Å². The van der Waals surface area contributed by atoms with Crippen LogP contribution in [0, 0.1) is 5.82 Å². The molecular formula is C24H25FN2O4. The van der Waals surface area contributed by atoms with Gasteiger partial charge >= 0.3 is 0 Å². The molecule has 0 radical (unpaired) electrons. The molecule has 1 saturated carbocycles. The smallest absolute Gasteiger partial charge is 0.168 e. The van der Waals surface area contributed by atoms with Crippen molar-refractivity contribution in [2.75, 3.05) is 20.3 Å². The third-order valence-corrected chi connectivity index (χ3v) is 6.30. The summed E-state index contributed by atoms with van der Waals surface area (Å²) in [5.74, 6) is -0.121. The molecule has 0 unspecified atom stereocenters. The third kappa shape index (κ3) is 3.73. The highest BCUT2D eigenvalue weighted by atomic mass is 19.1. The lowest BCUT2D eigenvalue weighted by Crippen LogP contribution is -2.42. The number of hydrogen-bond donors (Lipinski definition) is 1. The van der Waals surface area contributed by atoms with Gasteiger partial charge in [-0.25, -0.2) is 9.07 Å². The lowest BCUT2D eigenvalue weighted by atomic mass is 9.79. The van der Waals surface area contributed by atoms with Crippen LogP contribution in [0.25, 0.3) is 16.9 Å². The Kier molecular flexibility index (Phi) is 5.04. The number of nitrogens with zero attached hydrogens (tertiary/aromatic N) is 2. The van der Waals surface area contributed by atoms with Crippen molar-refractivity contribution in [1.29, 1.82) is 0 Å². The highest BCUT2D eigenvalue weighted by Gasteiger charge is 2.47. The average Bonchev–Trinajstić information content (AvgIpc) is 3.45. The van der Waals surface area contributed by atoms with Gasteiger partial charge in [-0.05, 0) is 67.4 Å². The molecule has 2 aliphatic rings. The standard InChI is InChI=1S/C24H25FN2O4/c1-29-20-8-2-17(3-9-20)21-16-22(26-27(21)19-6-4-18(25)5-7-19)23(28)10-12-24(13-11-23)30-14-15-31-24/h2-9,16,28H,10-15H2,1H3. The second kappa shape index (κ2) is 7.75. The fraction of sp³-hybridized carbons (Fsp3) is 0.375. The number of hydrogen-bond acceptors (Lipinski definition) is 5. The number of aliphatic hydroxyl groups is 1. The van der Waals surface area contributed by atoms with Crippen LogP contribution in [0.4, 0.5) is 4.39 Å². The van der Waals surface area contributed by atoms with Gasteiger partial charge in [0.1, 0.15) is 17.2 Å². The number of aromatic nitrogens is 2. The highest BCUT2D eigenvalue weighted by Crippen LogP contribution is 2.45. The van der Waals surface area contributed by atoms with Crippen LogP contribution < -0.4 is 4.74 Å². The zero-order valence-corrected chi connectivity index (χ0v) is 17.4. The molecule has 1 aliphatic carbocycles. The zero-order valence-electron chi connectivity index (χ0n) is 17.4. The van der Waals surface area contributed by atoms with Crippen LogP contribution in [0.1, 0.15) is 31.4 Å². The summed E-state index contributed by atoms with van der Waals surface area (Å²) in [7, 11) is 1.62. The van der Waals surface area contributed by atoms with E-state index in [0.29, 0.717) is 44.6 Å². The number of rotatable bonds is 4. The molecule has 1 aliphatic heterocycles. The van der Waals surface area contributed by atoms with Crippen molar-refractivity contribution in [3.8, 4) is 22.7 Å². The van der Waals surface area contributed by atoms with E-state index >= 15 is 0 Å². The molecule has 1 spiro atoms. The largest absolute Gasteiger partial charge is 0.497 e. The van der Waals surface area contributed by atoms with E-state index in [2.05, 4.69) is 0 Å². The molecule has 31 heavy (non-hydrogen) atoms. The molecule has 2 aromatic carbocycles. The molecule has 1 saturated heterocycles. The van der Waals surface area contributed by atoms with Gasteiger partial charge in [0.25, 0.3) is 0 Å². The van der Waals surface area contributed by atoms with E-state index in [4.69, 9.17) is 19.3 Å².